The monoisotopic (exact) mass is 236 g/mol. The van der Waals surface area contributed by atoms with Crippen molar-refractivity contribution in [2.24, 2.45) is 0 Å². The standard InChI is InChI=1S/C10H20O2S2/c1-3-8-13-10(14-9(2)12)6-4-5-7-11/h10-11H,3-8H2,1-2H3. The summed E-state index contributed by atoms with van der Waals surface area (Å²) in [5.74, 6) is 1.12. The second kappa shape index (κ2) is 9.87. The molecule has 0 aliphatic carbocycles. The molecule has 0 amide bonds. The van der Waals surface area contributed by atoms with Gasteiger partial charge in [-0.1, -0.05) is 18.7 Å². The Kier molecular flexibility index (Phi) is 10.1. The van der Waals surface area contributed by atoms with Gasteiger partial charge in [-0.3, -0.25) is 4.79 Å². The van der Waals surface area contributed by atoms with Gasteiger partial charge in [-0.15, -0.1) is 11.8 Å². The number of hydrogen-bond donors (Lipinski definition) is 1. The van der Waals surface area contributed by atoms with Crippen molar-refractivity contribution >= 4 is 28.6 Å². The fraction of sp³-hybridized carbons (Fsp3) is 0.900. The zero-order valence-corrected chi connectivity index (χ0v) is 10.6. The molecule has 0 aliphatic heterocycles. The van der Waals surface area contributed by atoms with Crippen LogP contribution in [0.3, 0.4) is 0 Å². The Morgan fingerprint density at radius 1 is 1.43 bits per heavy atom. The number of unbranched alkanes of at least 4 members (excludes halogenated alkanes) is 1. The first-order valence-corrected chi connectivity index (χ1v) is 7.03. The zero-order chi connectivity index (χ0) is 10.8. The number of hydrogen-bond acceptors (Lipinski definition) is 4. The van der Waals surface area contributed by atoms with Crippen molar-refractivity contribution < 1.29 is 9.90 Å². The Morgan fingerprint density at radius 3 is 2.64 bits per heavy atom. The molecule has 0 spiro atoms. The number of thioether (sulfide) groups is 2. The van der Waals surface area contributed by atoms with E-state index < -0.39 is 0 Å². The molecule has 0 aromatic carbocycles. The van der Waals surface area contributed by atoms with Crippen molar-refractivity contribution in [3.05, 3.63) is 0 Å². The maximum atomic E-state index is 11.0. The van der Waals surface area contributed by atoms with E-state index in [1.165, 1.54) is 11.8 Å². The maximum absolute atomic E-state index is 11.0. The molecule has 0 rings (SSSR count). The lowest BCUT2D eigenvalue weighted by atomic mass is 10.3. The minimum Gasteiger partial charge on any atom is -0.396 e. The highest BCUT2D eigenvalue weighted by Crippen LogP contribution is 2.29. The van der Waals surface area contributed by atoms with Gasteiger partial charge in [-0.25, -0.2) is 0 Å². The summed E-state index contributed by atoms with van der Waals surface area (Å²) in [6.45, 7) is 4.03. The normalized spacial score (nSPS) is 12.8. The van der Waals surface area contributed by atoms with E-state index in [0.717, 1.165) is 31.4 Å². The molecule has 84 valence electrons. The second-order valence-electron chi connectivity index (χ2n) is 3.13. The van der Waals surface area contributed by atoms with Crippen molar-refractivity contribution in [1.29, 1.82) is 0 Å². The fourth-order valence-corrected chi connectivity index (χ4v) is 3.49. The molecule has 0 aromatic rings. The van der Waals surface area contributed by atoms with Crippen molar-refractivity contribution in [2.45, 2.75) is 44.1 Å². The highest BCUT2D eigenvalue weighted by Gasteiger charge is 2.11. The van der Waals surface area contributed by atoms with E-state index in [9.17, 15) is 4.79 Å². The Hall–Kier alpha value is 0.330. The van der Waals surface area contributed by atoms with Crippen LogP contribution < -0.4 is 0 Å². The minimum absolute atomic E-state index is 0.197. The molecule has 0 aromatic heterocycles. The van der Waals surface area contributed by atoms with Gasteiger partial charge in [-0.05, 0) is 31.4 Å². The predicted octanol–water partition coefficient (Wildman–Crippen LogP) is 2.90. The first-order chi connectivity index (χ1) is 6.70. The molecular formula is C10H20O2S2. The summed E-state index contributed by atoms with van der Waals surface area (Å²) in [6, 6.07) is 0. The smallest absolute Gasteiger partial charge is 0.186 e. The van der Waals surface area contributed by atoms with Gasteiger partial charge in [0.2, 0.25) is 0 Å². The van der Waals surface area contributed by atoms with Crippen LogP contribution in [0.25, 0.3) is 0 Å². The third-order valence-corrected chi connectivity index (χ3v) is 4.43. The number of aliphatic hydroxyl groups is 1. The average Bonchev–Trinajstić information content (AvgIpc) is 2.13. The van der Waals surface area contributed by atoms with E-state index >= 15 is 0 Å². The first-order valence-electron chi connectivity index (χ1n) is 5.10. The van der Waals surface area contributed by atoms with Gasteiger partial charge in [-0.2, -0.15) is 0 Å². The molecule has 4 heteroatoms. The first kappa shape index (κ1) is 14.3. The van der Waals surface area contributed by atoms with E-state index in [-0.39, 0.29) is 11.7 Å². The van der Waals surface area contributed by atoms with E-state index in [1.807, 2.05) is 11.8 Å². The molecule has 0 saturated carbocycles. The third-order valence-electron chi connectivity index (χ3n) is 1.65. The van der Waals surface area contributed by atoms with E-state index in [1.54, 1.807) is 6.92 Å². The van der Waals surface area contributed by atoms with Gasteiger partial charge < -0.3 is 5.11 Å². The van der Waals surface area contributed by atoms with Crippen molar-refractivity contribution in [1.82, 2.24) is 0 Å². The van der Waals surface area contributed by atoms with Crippen LogP contribution in [-0.4, -0.2) is 27.2 Å². The van der Waals surface area contributed by atoms with Gasteiger partial charge in [0.25, 0.3) is 0 Å². The lowest BCUT2D eigenvalue weighted by Crippen LogP contribution is -2.02. The van der Waals surface area contributed by atoms with Gasteiger partial charge >= 0.3 is 0 Å². The molecule has 2 nitrogen and oxygen atoms in total. The second-order valence-corrected chi connectivity index (χ2v) is 6.12. The van der Waals surface area contributed by atoms with Crippen molar-refractivity contribution in [3.63, 3.8) is 0 Å². The lowest BCUT2D eigenvalue weighted by Gasteiger charge is -2.13. The van der Waals surface area contributed by atoms with Crippen LogP contribution in [0.2, 0.25) is 0 Å². The van der Waals surface area contributed by atoms with Gasteiger partial charge in [0.1, 0.15) is 0 Å². The summed E-state index contributed by atoms with van der Waals surface area (Å²) in [6.07, 6.45) is 4.04. The molecule has 0 heterocycles. The molecule has 14 heavy (non-hydrogen) atoms. The van der Waals surface area contributed by atoms with Gasteiger partial charge in [0.05, 0.1) is 4.58 Å². The van der Waals surface area contributed by atoms with Crippen LogP contribution in [0.1, 0.15) is 39.5 Å². The van der Waals surface area contributed by atoms with Crippen LogP contribution in [0, 0.1) is 0 Å². The molecule has 1 N–H and O–H groups in total. The molecule has 1 atom stereocenters. The Labute approximate surface area is 95.2 Å². The predicted molar refractivity (Wildman–Crippen MR) is 65.7 cm³/mol. The SMILES string of the molecule is CCCSC(CCCCO)SC(C)=O. The molecule has 0 fully saturated rings. The van der Waals surface area contributed by atoms with Crippen LogP contribution >= 0.6 is 23.5 Å². The van der Waals surface area contributed by atoms with Crippen molar-refractivity contribution in [2.75, 3.05) is 12.4 Å². The molecular weight excluding hydrogens is 216 g/mol. The zero-order valence-electron chi connectivity index (χ0n) is 8.99. The van der Waals surface area contributed by atoms with Crippen LogP contribution in [0.4, 0.5) is 0 Å². The topological polar surface area (TPSA) is 37.3 Å². The highest BCUT2D eigenvalue weighted by atomic mass is 32.2. The number of carbonyl (C=O) groups excluding carboxylic acids is 1. The van der Waals surface area contributed by atoms with Crippen LogP contribution in [0.5, 0.6) is 0 Å². The molecule has 1 unspecified atom stereocenters. The summed E-state index contributed by atoms with van der Waals surface area (Å²) in [7, 11) is 0. The third kappa shape index (κ3) is 8.91. The van der Waals surface area contributed by atoms with E-state index in [0.29, 0.717) is 4.58 Å². The largest absolute Gasteiger partial charge is 0.396 e. The molecule has 0 radical (unpaired) electrons. The average molecular weight is 236 g/mol. The minimum atomic E-state index is 0.197. The summed E-state index contributed by atoms with van der Waals surface area (Å²) < 4.78 is 0.388. The number of rotatable bonds is 8. The summed E-state index contributed by atoms with van der Waals surface area (Å²) in [5, 5.41) is 8.85. The summed E-state index contributed by atoms with van der Waals surface area (Å²) >= 11 is 3.29. The lowest BCUT2D eigenvalue weighted by molar-refractivity contribution is -0.109. The number of aliphatic hydroxyl groups excluding tert-OH is 1. The van der Waals surface area contributed by atoms with E-state index in [2.05, 4.69) is 6.92 Å². The maximum Gasteiger partial charge on any atom is 0.186 e. The van der Waals surface area contributed by atoms with Gasteiger partial charge in [0.15, 0.2) is 5.12 Å². The Morgan fingerprint density at radius 2 is 2.14 bits per heavy atom. The van der Waals surface area contributed by atoms with Crippen LogP contribution in [0.15, 0.2) is 0 Å². The Bertz CT molecular complexity index is 151. The summed E-state index contributed by atoms with van der Waals surface area (Å²) in [5.41, 5.74) is 0. The quantitative estimate of drug-likeness (QED) is 0.519. The molecule has 0 aliphatic rings. The Balaban J connectivity index is 3.66. The number of carbonyl (C=O) groups is 1. The van der Waals surface area contributed by atoms with E-state index in [4.69, 9.17) is 5.11 Å². The fourth-order valence-electron chi connectivity index (χ4n) is 1.03. The summed E-state index contributed by atoms with van der Waals surface area (Å²) in [4.78, 5) is 11.0. The van der Waals surface area contributed by atoms with Crippen molar-refractivity contribution in [3.8, 4) is 0 Å². The molecule has 0 bridgehead atoms. The van der Waals surface area contributed by atoms with Gasteiger partial charge in [0, 0.05) is 13.5 Å². The molecule has 0 saturated heterocycles. The van der Waals surface area contributed by atoms with Crippen LogP contribution in [-0.2, 0) is 4.79 Å². The highest BCUT2D eigenvalue weighted by molar-refractivity contribution is 8.24.